The smallest absolute Gasteiger partial charge is 0.147 e. The summed E-state index contributed by atoms with van der Waals surface area (Å²) < 4.78 is 0. The SMILES string of the molecule is CCNCc1cnc(N2CCCC2CC)c(Cl)c1. The Morgan fingerprint density at radius 3 is 3.00 bits per heavy atom. The number of hydrogen-bond acceptors (Lipinski definition) is 3. The second kappa shape index (κ2) is 6.39. The van der Waals surface area contributed by atoms with E-state index in [0.29, 0.717) is 6.04 Å². The van der Waals surface area contributed by atoms with Crippen molar-refractivity contribution in [3.05, 3.63) is 22.8 Å². The van der Waals surface area contributed by atoms with E-state index in [1.54, 1.807) is 0 Å². The molecular weight excluding hydrogens is 246 g/mol. The molecule has 1 aromatic heterocycles. The largest absolute Gasteiger partial charge is 0.352 e. The lowest BCUT2D eigenvalue weighted by atomic mass is 10.1. The lowest BCUT2D eigenvalue weighted by Crippen LogP contribution is -2.29. The molecule has 0 amide bonds. The van der Waals surface area contributed by atoms with Gasteiger partial charge in [-0.05, 0) is 37.4 Å². The highest BCUT2D eigenvalue weighted by atomic mass is 35.5. The molecule has 3 nitrogen and oxygen atoms in total. The van der Waals surface area contributed by atoms with E-state index in [4.69, 9.17) is 11.6 Å². The molecule has 0 aliphatic carbocycles. The number of pyridine rings is 1. The highest BCUT2D eigenvalue weighted by Gasteiger charge is 2.25. The molecule has 0 aromatic carbocycles. The molecule has 1 fully saturated rings. The molecular formula is C14H22ClN3. The van der Waals surface area contributed by atoms with Crippen LogP contribution in [0.5, 0.6) is 0 Å². The summed E-state index contributed by atoms with van der Waals surface area (Å²) in [6.45, 7) is 7.21. The Morgan fingerprint density at radius 2 is 2.33 bits per heavy atom. The third kappa shape index (κ3) is 2.96. The highest BCUT2D eigenvalue weighted by Crippen LogP contribution is 2.31. The summed E-state index contributed by atoms with van der Waals surface area (Å²) in [5, 5.41) is 4.07. The van der Waals surface area contributed by atoms with Gasteiger partial charge in [-0.3, -0.25) is 0 Å². The summed E-state index contributed by atoms with van der Waals surface area (Å²) in [6.07, 6.45) is 5.61. The predicted octanol–water partition coefficient (Wildman–Crippen LogP) is 3.22. The molecule has 2 rings (SSSR count). The normalized spacial score (nSPS) is 19.5. The van der Waals surface area contributed by atoms with E-state index in [2.05, 4.69) is 29.0 Å². The maximum Gasteiger partial charge on any atom is 0.147 e. The van der Waals surface area contributed by atoms with Crippen LogP contribution in [-0.2, 0) is 6.54 Å². The minimum Gasteiger partial charge on any atom is -0.352 e. The summed E-state index contributed by atoms with van der Waals surface area (Å²) in [7, 11) is 0. The summed E-state index contributed by atoms with van der Waals surface area (Å²) in [5.74, 6) is 0.960. The maximum atomic E-state index is 6.38. The average Bonchev–Trinajstić information content (AvgIpc) is 2.84. The zero-order valence-electron chi connectivity index (χ0n) is 11.2. The van der Waals surface area contributed by atoms with Crippen molar-refractivity contribution in [2.24, 2.45) is 0 Å². The van der Waals surface area contributed by atoms with Gasteiger partial charge in [-0.15, -0.1) is 0 Å². The van der Waals surface area contributed by atoms with Crippen LogP contribution in [0.2, 0.25) is 5.02 Å². The van der Waals surface area contributed by atoms with Gasteiger partial charge in [-0.2, -0.15) is 0 Å². The van der Waals surface area contributed by atoms with Crippen molar-refractivity contribution in [3.63, 3.8) is 0 Å². The fraction of sp³-hybridized carbons (Fsp3) is 0.643. The number of rotatable bonds is 5. The molecule has 1 atom stereocenters. The van der Waals surface area contributed by atoms with Crippen LogP contribution in [-0.4, -0.2) is 24.1 Å². The van der Waals surface area contributed by atoms with Crippen LogP contribution in [0.25, 0.3) is 0 Å². The Kier molecular flexibility index (Phi) is 4.84. The van der Waals surface area contributed by atoms with E-state index in [9.17, 15) is 0 Å². The van der Waals surface area contributed by atoms with E-state index in [1.165, 1.54) is 12.8 Å². The zero-order chi connectivity index (χ0) is 13.0. The standard InChI is InChI=1S/C14H22ClN3/c1-3-12-6-5-7-18(12)14-13(15)8-11(10-17-14)9-16-4-2/h8,10,12,16H,3-7,9H2,1-2H3. The van der Waals surface area contributed by atoms with E-state index in [-0.39, 0.29) is 0 Å². The number of halogens is 1. The first kappa shape index (κ1) is 13.6. The molecule has 4 heteroatoms. The lowest BCUT2D eigenvalue weighted by Gasteiger charge is -2.25. The Balaban J connectivity index is 2.14. The fourth-order valence-corrected chi connectivity index (χ4v) is 2.88. The number of aromatic nitrogens is 1. The molecule has 0 bridgehead atoms. The summed E-state index contributed by atoms with van der Waals surface area (Å²) >= 11 is 6.38. The predicted molar refractivity (Wildman–Crippen MR) is 77.3 cm³/mol. The molecule has 0 saturated carbocycles. The van der Waals surface area contributed by atoms with Crippen LogP contribution in [0, 0.1) is 0 Å². The van der Waals surface area contributed by atoms with Crippen molar-refractivity contribution in [2.75, 3.05) is 18.0 Å². The van der Waals surface area contributed by atoms with Crippen LogP contribution in [0.3, 0.4) is 0 Å². The van der Waals surface area contributed by atoms with Gasteiger partial charge >= 0.3 is 0 Å². The quantitative estimate of drug-likeness (QED) is 0.888. The van der Waals surface area contributed by atoms with Gasteiger partial charge in [0.05, 0.1) is 5.02 Å². The minimum absolute atomic E-state index is 0.606. The zero-order valence-corrected chi connectivity index (χ0v) is 12.0. The van der Waals surface area contributed by atoms with Gasteiger partial charge < -0.3 is 10.2 Å². The number of nitrogens with one attached hydrogen (secondary N) is 1. The van der Waals surface area contributed by atoms with E-state index in [1.807, 2.05) is 12.3 Å². The van der Waals surface area contributed by atoms with Gasteiger partial charge in [0.15, 0.2) is 0 Å². The molecule has 1 aromatic rings. The topological polar surface area (TPSA) is 28.2 Å². The van der Waals surface area contributed by atoms with Crippen molar-refractivity contribution < 1.29 is 0 Å². The summed E-state index contributed by atoms with van der Waals surface area (Å²) in [4.78, 5) is 6.93. The molecule has 0 radical (unpaired) electrons. The van der Waals surface area contributed by atoms with E-state index in [0.717, 1.165) is 42.5 Å². The van der Waals surface area contributed by atoms with Crippen LogP contribution >= 0.6 is 11.6 Å². The second-order valence-electron chi connectivity index (χ2n) is 4.83. The Labute approximate surface area is 115 Å². The molecule has 0 spiro atoms. The Hall–Kier alpha value is -0.800. The Morgan fingerprint density at radius 1 is 1.50 bits per heavy atom. The van der Waals surface area contributed by atoms with Crippen molar-refractivity contribution in [3.8, 4) is 0 Å². The molecule has 2 heterocycles. The average molecular weight is 268 g/mol. The first-order valence-electron chi connectivity index (χ1n) is 6.88. The third-order valence-corrected chi connectivity index (χ3v) is 3.86. The molecule has 1 aliphatic heterocycles. The van der Waals surface area contributed by atoms with Crippen molar-refractivity contribution in [1.82, 2.24) is 10.3 Å². The van der Waals surface area contributed by atoms with Gasteiger partial charge in [0.25, 0.3) is 0 Å². The molecule has 18 heavy (non-hydrogen) atoms. The third-order valence-electron chi connectivity index (χ3n) is 3.58. The number of hydrogen-bond donors (Lipinski definition) is 1. The molecule has 1 aliphatic rings. The second-order valence-corrected chi connectivity index (χ2v) is 5.23. The summed E-state index contributed by atoms with van der Waals surface area (Å²) in [5.41, 5.74) is 1.15. The fourth-order valence-electron chi connectivity index (χ4n) is 2.59. The van der Waals surface area contributed by atoms with Crippen molar-refractivity contribution in [2.45, 2.75) is 45.7 Å². The minimum atomic E-state index is 0.606. The monoisotopic (exact) mass is 267 g/mol. The van der Waals surface area contributed by atoms with Crippen molar-refractivity contribution in [1.29, 1.82) is 0 Å². The molecule has 1 unspecified atom stereocenters. The van der Waals surface area contributed by atoms with Gasteiger partial charge in [0, 0.05) is 25.3 Å². The van der Waals surface area contributed by atoms with Crippen LogP contribution in [0.4, 0.5) is 5.82 Å². The highest BCUT2D eigenvalue weighted by molar-refractivity contribution is 6.33. The first-order chi connectivity index (χ1) is 8.76. The first-order valence-corrected chi connectivity index (χ1v) is 7.25. The molecule has 1 saturated heterocycles. The van der Waals surface area contributed by atoms with Crippen LogP contribution in [0.1, 0.15) is 38.7 Å². The van der Waals surface area contributed by atoms with E-state index < -0.39 is 0 Å². The van der Waals surface area contributed by atoms with Crippen LogP contribution < -0.4 is 10.2 Å². The van der Waals surface area contributed by atoms with Gasteiger partial charge in [-0.25, -0.2) is 4.98 Å². The van der Waals surface area contributed by atoms with E-state index >= 15 is 0 Å². The number of anilines is 1. The van der Waals surface area contributed by atoms with Gasteiger partial charge in [0.2, 0.25) is 0 Å². The van der Waals surface area contributed by atoms with Crippen molar-refractivity contribution >= 4 is 17.4 Å². The Bertz CT molecular complexity index is 395. The molecule has 100 valence electrons. The summed E-state index contributed by atoms with van der Waals surface area (Å²) in [6, 6.07) is 2.65. The number of nitrogens with zero attached hydrogens (tertiary/aromatic N) is 2. The van der Waals surface area contributed by atoms with Gasteiger partial charge in [-0.1, -0.05) is 25.4 Å². The van der Waals surface area contributed by atoms with Gasteiger partial charge in [0.1, 0.15) is 5.82 Å². The maximum absolute atomic E-state index is 6.38. The molecule has 1 N–H and O–H groups in total. The lowest BCUT2D eigenvalue weighted by molar-refractivity contribution is 0.640. The van der Waals surface area contributed by atoms with Crippen LogP contribution in [0.15, 0.2) is 12.3 Å².